The van der Waals surface area contributed by atoms with E-state index in [0.29, 0.717) is 18.7 Å². The molecule has 0 unspecified atom stereocenters. The van der Waals surface area contributed by atoms with Gasteiger partial charge in [0.25, 0.3) is 0 Å². The average molecular weight is 343 g/mol. The lowest BCUT2D eigenvalue weighted by molar-refractivity contribution is 0.101. The summed E-state index contributed by atoms with van der Waals surface area (Å²) in [6, 6.07) is 14.2. The Kier molecular flexibility index (Phi) is 4.10. The quantitative estimate of drug-likeness (QED) is 0.803. The Labute approximate surface area is 143 Å². The van der Waals surface area contributed by atoms with Crippen molar-refractivity contribution in [3.63, 3.8) is 0 Å². The summed E-state index contributed by atoms with van der Waals surface area (Å²) in [5.74, 6) is -0.142. The Morgan fingerprint density at radius 2 is 1.79 bits per heavy atom. The second-order valence-corrected chi connectivity index (χ2v) is 8.84. The Morgan fingerprint density at radius 3 is 2.50 bits per heavy atom. The molecule has 0 saturated heterocycles. The maximum Gasteiger partial charge on any atom is 0.243 e. The zero-order valence-corrected chi connectivity index (χ0v) is 14.9. The molecule has 0 aliphatic carbocycles. The molecule has 0 aromatic heterocycles. The molecule has 0 fully saturated rings. The highest BCUT2D eigenvalue weighted by atomic mass is 32.2. The monoisotopic (exact) mass is 343 g/mol. The van der Waals surface area contributed by atoms with Crippen LogP contribution in [0.5, 0.6) is 0 Å². The predicted octanol–water partition coefficient (Wildman–Crippen LogP) is 3.37. The van der Waals surface area contributed by atoms with Crippen molar-refractivity contribution in [3.05, 3.63) is 65.2 Å². The number of hydrogen-bond acceptors (Lipinski definition) is 3. The van der Waals surface area contributed by atoms with Gasteiger partial charge in [0, 0.05) is 24.1 Å². The maximum atomic E-state index is 13.1. The molecule has 2 aromatic rings. The molecule has 0 amide bonds. The van der Waals surface area contributed by atoms with Gasteiger partial charge in [0.1, 0.15) is 0 Å². The van der Waals surface area contributed by atoms with Crippen LogP contribution in [0, 0.1) is 0 Å². The van der Waals surface area contributed by atoms with Crippen molar-refractivity contribution in [1.82, 2.24) is 4.31 Å². The van der Waals surface area contributed by atoms with Gasteiger partial charge in [-0.25, -0.2) is 8.42 Å². The molecule has 0 bridgehead atoms. The zero-order chi connectivity index (χ0) is 17.5. The highest BCUT2D eigenvalue weighted by Gasteiger charge is 2.37. The second kappa shape index (κ2) is 5.83. The van der Waals surface area contributed by atoms with Gasteiger partial charge in [0.15, 0.2) is 5.78 Å². The van der Waals surface area contributed by atoms with Gasteiger partial charge >= 0.3 is 0 Å². The molecule has 2 aromatic carbocycles. The summed E-state index contributed by atoms with van der Waals surface area (Å²) in [6.07, 6.45) is 0. The van der Waals surface area contributed by atoms with Gasteiger partial charge in [-0.15, -0.1) is 0 Å². The number of benzene rings is 2. The molecule has 0 atom stereocenters. The topological polar surface area (TPSA) is 54.5 Å². The summed E-state index contributed by atoms with van der Waals surface area (Å²) in [7, 11) is -3.65. The van der Waals surface area contributed by atoms with Gasteiger partial charge < -0.3 is 0 Å². The van der Waals surface area contributed by atoms with E-state index in [-0.39, 0.29) is 16.1 Å². The van der Waals surface area contributed by atoms with Crippen LogP contribution in [0.4, 0.5) is 0 Å². The average Bonchev–Trinajstić information content (AvgIpc) is 2.54. The summed E-state index contributed by atoms with van der Waals surface area (Å²) in [5.41, 5.74) is 2.36. The van der Waals surface area contributed by atoms with Crippen LogP contribution >= 0.6 is 0 Å². The molecule has 1 heterocycles. The smallest absolute Gasteiger partial charge is 0.243 e. The molecule has 1 aliphatic heterocycles. The summed E-state index contributed by atoms with van der Waals surface area (Å²) < 4.78 is 27.7. The van der Waals surface area contributed by atoms with Crippen LogP contribution in [0.15, 0.2) is 53.4 Å². The van der Waals surface area contributed by atoms with E-state index >= 15 is 0 Å². The number of nitrogens with zero attached hydrogens (tertiary/aromatic N) is 1. The van der Waals surface area contributed by atoms with Crippen LogP contribution in [0.2, 0.25) is 0 Å². The van der Waals surface area contributed by atoms with Gasteiger partial charge in [-0.2, -0.15) is 4.31 Å². The molecule has 1 aliphatic rings. The lowest BCUT2D eigenvalue weighted by Gasteiger charge is -2.39. The molecule has 3 rings (SSSR count). The fourth-order valence-corrected chi connectivity index (χ4v) is 4.91. The highest BCUT2D eigenvalue weighted by Crippen LogP contribution is 2.35. The van der Waals surface area contributed by atoms with E-state index in [0.717, 1.165) is 5.56 Å². The first-order valence-corrected chi connectivity index (χ1v) is 9.35. The number of carbonyl (C=O) groups excluding carboxylic acids is 1. The van der Waals surface area contributed by atoms with Gasteiger partial charge in [0.05, 0.1) is 4.90 Å². The van der Waals surface area contributed by atoms with Gasteiger partial charge in [-0.3, -0.25) is 4.79 Å². The largest absolute Gasteiger partial charge is 0.295 e. The van der Waals surface area contributed by atoms with Crippen molar-refractivity contribution in [2.45, 2.75) is 37.6 Å². The van der Waals surface area contributed by atoms with Crippen molar-refractivity contribution in [1.29, 1.82) is 0 Å². The third-order valence-electron chi connectivity index (χ3n) is 4.54. The third kappa shape index (κ3) is 2.89. The van der Waals surface area contributed by atoms with Crippen LogP contribution in [0.25, 0.3) is 0 Å². The second-order valence-electron chi connectivity index (χ2n) is 6.90. The summed E-state index contributed by atoms with van der Waals surface area (Å²) in [5, 5.41) is 0. The molecule has 4 nitrogen and oxygen atoms in total. The molecule has 0 N–H and O–H groups in total. The van der Waals surface area contributed by atoms with E-state index in [1.165, 1.54) is 22.9 Å². The number of sulfonamides is 1. The Bertz CT molecular complexity index is 900. The van der Waals surface area contributed by atoms with Gasteiger partial charge in [-0.05, 0) is 30.2 Å². The van der Waals surface area contributed by atoms with Crippen molar-refractivity contribution in [2.24, 2.45) is 0 Å². The molecular formula is C19H21NO3S. The first kappa shape index (κ1) is 16.9. The number of rotatable bonds is 3. The standard InChI is InChI=1S/C19H21NO3S/c1-14(21)15-8-6-9-17(11-15)24(22,23)20-12-16-7-4-5-10-18(16)19(2,3)13-20/h4-11H,12-13H2,1-3H3. The van der Waals surface area contributed by atoms with E-state index in [1.54, 1.807) is 18.2 Å². The summed E-state index contributed by atoms with van der Waals surface area (Å²) >= 11 is 0. The van der Waals surface area contributed by atoms with Gasteiger partial charge in [-0.1, -0.05) is 50.2 Å². The minimum Gasteiger partial charge on any atom is -0.295 e. The number of ketones is 1. The van der Waals surface area contributed by atoms with Crippen molar-refractivity contribution >= 4 is 15.8 Å². The minimum absolute atomic E-state index is 0.142. The molecule has 0 radical (unpaired) electrons. The minimum atomic E-state index is -3.65. The number of fused-ring (bicyclic) bond motifs is 1. The Hall–Kier alpha value is -1.98. The number of carbonyl (C=O) groups is 1. The van der Waals surface area contributed by atoms with E-state index < -0.39 is 10.0 Å². The van der Waals surface area contributed by atoms with E-state index in [9.17, 15) is 13.2 Å². The zero-order valence-electron chi connectivity index (χ0n) is 14.1. The Morgan fingerprint density at radius 1 is 1.08 bits per heavy atom. The molecule has 0 saturated carbocycles. The molecule has 24 heavy (non-hydrogen) atoms. The molecule has 0 spiro atoms. The SMILES string of the molecule is CC(=O)c1cccc(S(=O)(=O)N2Cc3ccccc3C(C)(C)C2)c1. The molecular weight excluding hydrogens is 322 g/mol. The van der Waals surface area contributed by atoms with Crippen LogP contribution in [0.3, 0.4) is 0 Å². The van der Waals surface area contributed by atoms with E-state index in [1.807, 2.05) is 18.2 Å². The van der Waals surface area contributed by atoms with Crippen LogP contribution in [0.1, 0.15) is 42.3 Å². The van der Waals surface area contributed by atoms with Crippen LogP contribution < -0.4 is 0 Å². The molecule has 126 valence electrons. The van der Waals surface area contributed by atoms with Crippen LogP contribution in [-0.4, -0.2) is 25.1 Å². The molecule has 5 heteroatoms. The fraction of sp³-hybridized carbons (Fsp3) is 0.316. The Balaban J connectivity index is 2.03. The van der Waals surface area contributed by atoms with Crippen molar-refractivity contribution < 1.29 is 13.2 Å². The number of hydrogen-bond donors (Lipinski definition) is 0. The van der Waals surface area contributed by atoms with E-state index in [2.05, 4.69) is 19.9 Å². The van der Waals surface area contributed by atoms with Crippen molar-refractivity contribution in [3.8, 4) is 0 Å². The lowest BCUT2D eigenvalue weighted by atomic mass is 9.79. The highest BCUT2D eigenvalue weighted by molar-refractivity contribution is 7.89. The summed E-state index contributed by atoms with van der Waals surface area (Å²) in [6.45, 7) is 6.31. The lowest BCUT2D eigenvalue weighted by Crippen LogP contribution is -2.44. The van der Waals surface area contributed by atoms with E-state index in [4.69, 9.17) is 0 Å². The van der Waals surface area contributed by atoms with Crippen LogP contribution in [-0.2, 0) is 22.0 Å². The third-order valence-corrected chi connectivity index (χ3v) is 6.33. The summed E-state index contributed by atoms with van der Waals surface area (Å²) in [4.78, 5) is 11.7. The van der Waals surface area contributed by atoms with Gasteiger partial charge in [0.2, 0.25) is 10.0 Å². The first-order chi connectivity index (χ1) is 11.2. The van der Waals surface area contributed by atoms with Crippen molar-refractivity contribution in [2.75, 3.05) is 6.54 Å². The fourth-order valence-electron chi connectivity index (χ4n) is 3.28. The first-order valence-electron chi connectivity index (χ1n) is 7.91. The predicted molar refractivity (Wildman–Crippen MR) is 93.5 cm³/mol. The maximum absolute atomic E-state index is 13.1. The normalized spacial score (nSPS) is 17.3. The number of Topliss-reactive ketones (excluding diaryl/α,β-unsaturated/α-hetero) is 1.